The number of benzene rings is 1. The molecule has 1 saturated heterocycles. The van der Waals surface area contributed by atoms with Gasteiger partial charge in [-0.15, -0.1) is 0 Å². The minimum Gasteiger partial charge on any atom is -0.381 e. The molecule has 1 aliphatic heterocycles. The first-order valence-electron chi connectivity index (χ1n) is 6.87. The van der Waals surface area contributed by atoms with Crippen LogP contribution in [0, 0.1) is 17.2 Å². The molecule has 0 radical (unpaired) electrons. The van der Waals surface area contributed by atoms with Crippen LogP contribution in [0.3, 0.4) is 0 Å². The maximum atomic E-state index is 12.8. The lowest BCUT2D eigenvalue weighted by Crippen LogP contribution is -2.32. The number of halogens is 3. The Morgan fingerprint density at radius 2 is 2.05 bits per heavy atom. The smallest absolute Gasteiger partial charge is 0.381 e. The molecule has 0 bridgehead atoms. The Kier molecular flexibility index (Phi) is 5.21. The molecule has 0 saturated carbocycles. The van der Waals surface area contributed by atoms with E-state index in [2.05, 4.69) is 5.32 Å². The van der Waals surface area contributed by atoms with Crippen molar-refractivity contribution >= 4 is 0 Å². The highest BCUT2D eigenvalue weighted by Crippen LogP contribution is 2.34. The van der Waals surface area contributed by atoms with Crippen LogP contribution in [0.2, 0.25) is 0 Å². The third-order valence-corrected chi connectivity index (χ3v) is 3.71. The summed E-state index contributed by atoms with van der Waals surface area (Å²) in [4.78, 5) is 0. The average molecular weight is 298 g/mol. The molecule has 6 heteroatoms. The molecular formula is C15H17F3N2O. The van der Waals surface area contributed by atoms with E-state index in [0.717, 1.165) is 18.9 Å². The molecule has 1 atom stereocenters. The molecule has 0 spiro atoms. The maximum absolute atomic E-state index is 12.8. The highest BCUT2D eigenvalue weighted by atomic mass is 19.4. The molecule has 1 fully saturated rings. The summed E-state index contributed by atoms with van der Waals surface area (Å²) in [6, 6.07) is 7.06. The number of alkyl halides is 3. The molecule has 0 amide bonds. The van der Waals surface area contributed by atoms with Crippen molar-refractivity contribution < 1.29 is 17.9 Å². The van der Waals surface area contributed by atoms with Crippen LogP contribution in [0.1, 0.15) is 30.0 Å². The summed E-state index contributed by atoms with van der Waals surface area (Å²) < 4.78 is 43.8. The topological polar surface area (TPSA) is 45.0 Å². The van der Waals surface area contributed by atoms with Gasteiger partial charge in [-0.25, -0.2) is 0 Å². The highest BCUT2D eigenvalue weighted by molar-refractivity contribution is 5.28. The Balaban J connectivity index is 2.25. The summed E-state index contributed by atoms with van der Waals surface area (Å²) in [5.41, 5.74) is -0.0807. The van der Waals surface area contributed by atoms with Gasteiger partial charge in [0.25, 0.3) is 0 Å². The molecule has 0 aromatic heterocycles. The second kappa shape index (κ2) is 6.92. The molecule has 1 aliphatic rings. The van der Waals surface area contributed by atoms with E-state index < -0.39 is 11.7 Å². The standard InChI is InChI=1S/C15H17F3N2O/c16-15(17,18)13-3-1-2-12(10-13)14(20-7-6-19)11-4-8-21-9-5-11/h1-3,10-11,14,20H,4-5,7-9H2/t14-/m0/s1. The first-order chi connectivity index (χ1) is 10.0. The van der Waals surface area contributed by atoms with E-state index in [9.17, 15) is 13.2 Å². The zero-order valence-corrected chi connectivity index (χ0v) is 11.5. The van der Waals surface area contributed by atoms with Crippen molar-refractivity contribution in [2.75, 3.05) is 19.8 Å². The minimum atomic E-state index is -4.36. The second-order valence-corrected chi connectivity index (χ2v) is 5.09. The van der Waals surface area contributed by atoms with Crippen molar-refractivity contribution in [1.29, 1.82) is 5.26 Å². The second-order valence-electron chi connectivity index (χ2n) is 5.09. The van der Waals surface area contributed by atoms with Gasteiger partial charge in [0.1, 0.15) is 0 Å². The number of ether oxygens (including phenoxy) is 1. The van der Waals surface area contributed by atoms with Crippen molar-refractivity contribution in [2.24, 2.45) is 5.92 Å². The molecule has 1 N–H and O–H groups in total. The lowest BCUT2D eigenvalue weighted by atomic mass is 9.86. The van der Waals surface area contributed by atoms with Crippen molar-refractivity contribution in [3.8, 4) is 6.07 Å². The van der Waals surface area contributed by atoms with Gasteiger partial charge in [0.15, 0.2) is 0 Å². The first-order valence-corrected chi connectivity index (χ1v) is 6.87. The summed E-state index contributed by atoms with van der Waals surface area (Å²) in [5.74, 6) is 0.176. The largest absolute Gasteiger partial charge is 0.416 e. The first kappa shape index (κ1) is 15.8. The lowest BCUT2D eigenvalue weighted by molar-refractivity contribution is -0.137. The van der Waals surface area contributed by atoms with E-state index in [-0.39, 0.29) is 18.5 Å². The summed E-state index contributed by atoms with van der Waals surface area (Å²) >= 11 is 0. The molecule has 0 aliphatic carbocycles. The summed E-state index contributed by atoms with van der Waals surface area (Å²) in [6.07, 6.45) is -2.80. The molecule has 0 unspecified atom stereocenters. The molecule has 21 heavy (non-hydrogen) atoms. The SMILES string of the molecule is N#CCN[C@H](c1cccc(C(F)(F)F)c1)C1CCOCC1. The van der Waals surface area contributed by atoms with E-state index in [4.69, 9.17) is 10.00 Å². The Labute approximate surface area is 121 Å². The van der Waals surface area contributed by atoms with Gasteiger partial charge in [-0.3, -0.25) is 5.32 Å². The molecule has 1 aromatic rings. The third-order valence-electron chi connectivity index (χ3n) is 3.71. The van der Waals surface area contributed by atoms with Gasteiger partial charge in [-0.1, -0.05) is 12.1 Å². The molecule has 3 nitrogen and oxygen atoms in total. The van der Waals surface area contributed by atoms with Crippen LogP contribution in [0.5, 0.6) is 0 Å². The van der Waals surface area contributed by atoms with Gasteiger partial charge in [0.05, 0.1) is 18.2 Å². The van der Waals surface area contributed by atoms with Crippen LogP contribution < -0.4 is 5.32 Å². The third kappa shape index (κ3) is 4.19. The summed E-state index contributed by atoms with van der Waals surface area (Å²) in [5, 5.41) is 11.8. The maximum Gasteiger partial charge on any atom is 0.416 e. The van der Waals surface area contributed by atoms with Gasteiger partial charge in [-0.2, -0.15) is 18.4 Å². The fraction of sp³-hybridized carbons (Fsp3) is 0.533. The Bertz CT molecular complexity index is 504. The van der Waals surface area contributed by atoms with Gasteiger partial charge in [-0.05, 0) is 36.5 Å². The number of hydrogen-bond donors (Lipinski definition) is 1. The van der Waals surface area contributed by atoms with Gasteiger partial charge in [0.2, 0.25) is 0 Å². The molecule has 114 valence electrons. The van der Waals surface area contributed by atoms with Crippen molar-refractivity contribution in [3.63, 3.8) is 0 Å². The Morgan fingerprint density at radius 1 is 1.33 bits per heavy atom. The average Bonchev–Trinajstić information content (AvgIpc) is 2.48. The predicted molar refractivity (Wildman–Crippen MR) is 71.3 cm³/mol. The molecule has 1 heterocycles. The van der Waals surface area contributed by atoms with E-state index in [1.807, 2.05) is 6.07 Å². The monoisotopic (exact) mass is 298 g/mol. The minimum absolute atomic E-state index is 0.109. The molecular weight excluding hydrogens is 281 g/mol. The summed E-state index contributed by atoms with van der Waals surface area (Å²) in [7, 11) is 0. The number of nitrogens with zero attached hydrogens (tertiary/aromatic N) is 1. The van der Waals surface area contributed by atoms with Crippen LogP contribution in [0.25, 0.3) is 0 Å². The predicted octanol–water partition coefficient (Wildman–Crippen LogP) is 3.29. The number of nitriles is 1. The van der Waals surface area contributed by atoms with E-state index in [1.165, 1.54) is 12.1 Å². The van der Waals surface area contributed by atoms with Gasteiger partial charge < -0.3 is 4.74 Å². The van der Waals surface area contributed by atoms with E-state index in [1.54, 1.807) is 6.07 Å². The summed E-state index contributed by atoms with van der Waals surface area (Å²) in [6.45, 7) is 1.32. The highest BCUT2D eigenvalue weighted by Gasteiger charge is 2.32. The van der Waals surface area contributed by atoms with Crippen LogP contribution in [0.4, 0.5) is 13.2 Å². The van der Waals surface area contributed by atoms with Gasteiger partial charge in [0, 0.05) is 19.3 Å². The van der Waals surface area contributed by atoms with Crippen LogP contribution >= 0.6 is 0 Å². The zero-order chi connectivity index (χ0) is 15.3. The van der Waals surface area contributed by atoms with Gasteiger partial charge >= 0.3 is 6.18 Å². The van der Waals surface area contributed by atoms with Crippen molar-refractivity contribution in [3.05, 3.63) is 35.4 Å². The Hall–Kier alpha value is -1.58. The lowest BCUT2D eigenvalue weighted by Gasteiger charge is -2.31. The molecule has 2 rings (SSSR count). The number of nitrogens with one attached hydrogen (secondary N) is 1. The number of rotatable bonds is 4. The van der Waals surface area contributed by atoms with E-state index >= 15 is 0 Å². The van der Waals surface area contributed by atoms with Crippen molar-refractivity contribution in [2.45, 2.75) is 25.1 Å². The normalized spacial score (nSPS) is 18.2. The fourth-order valence-corrected chi connectivity index (χ4v) is 2.67. The number of hydrogen-bond acceptors (Lipinski definition) is 3. The molecule has 1 aromatic carbocycles. The van der Waals surface area contributed by atoms with Crippen LogP contribution in [0.15, 0.2) is 24.3 Å². The quantitative estimate of drug-likeness (QED) is 0.868. The van der Waals surface area contributed by atoms with Crippen molar-refractivity contribution in [1.82, 2.24) is 5.32 Å². The van der Waals surface area contributed by atoms with Crippen LogP contribution in [-0.4, -0.2) is 19.8 Å². The fourth-order valence-electron chi connectivity index (χ4n) is 2.67. The Morgan fingerprint density at radius 3 is 2.67 bits per heavy atom. The van der Waals surface area contributed by atoms with E-state index in [0.29, 0.717) is 18.8 Å². The van der Waals surface area contributed by atoms with Crippen LogP contribution in [-0.2, 0) is 10.9 Å². The zero-order valence-electron chi connectivity index (χ0n) is 11.5.